The van der Waals surface area contributed by atoms with Gasteiger partial charge in [-0.3, -0.25) is 0 Å². The van der Waals surface area contributed by atoms with Gasteiger partial charge in [0.05, 0.1) is 0 Å². The highest BCUT2D eigenvalue weighted by molar-refractivity contribution is 5.24. The van der Waals surface area contributed by atoms with E-state index in [1.807, 2.05) is 0 Å². The van der Waals surface area contributed by atoms with Gasteiger partial charge >= 0.3 is 0 Å². The van der Waals surface area contributed by atoms with Gasteiger partial charge in [0.25, 0.3) is 0 Å². The molecule has 0 saturated carbocycles. The van der Waals surface area contributed by atoms with Crippen LogP contribution in [0.1, 0.15) is 41.0 Å². The molecule has 0 aliphatic carbocycles. The van der Waals surface area contributed by atoms with E-state index in [2.05, 4.69) is 39.9 Å². The third-order valence-electron chi connectivity index (χ3n) is 2.50. The van der Waals surface area contributed by atoms with E-state index in [1.165, 1.54) is 12.1 Å². The Hall–Kier alpha value is -0.460. The molecule has 1 aliphatic rings. The monoisotopic (exact) mass is 167 g/mol. The zero-order chi connectivity index (χ0) is 9.35. The molecule has 0 bridgehead atoms. The number of hydrogen-bond donors (Lipinski definition) is 1. The zero-order valence-corrected chi connectivity index (χ0v) is 8.99. The lowest BCUT2D eigenvalue weighted by Gasteiger charge is -2.23. The molecule has 70 valence electrons. The normalized spacial score (nSPS) is 18.8. The van der Waals surface area contributed by atoms with Crippen LogP contribution >= 0.6 is 0 Å². The SMILES string of the molecule is CC(C)C1=C(C(C)(C)C)CCN1. The zero-order valence-electron chi connectivity index (χ0n) is 8.99. The van der Waals surface area contributed by atoms with Gasteiger partial charge < -0.3 is 5.32 Å². The summed E-state index contributed by atoms with van der Waals surface area (Å²) in [6, 6.07) is 0. The van der Waals surface area contributed by atoms with Crippen LogP contribution in [0.3, 0.4) is 0 Å². The van der Waals surface area contributed by atoms with Gasteiger partial charge in [-0.15, -0.1) is 0 Å². The highest BCUT2D eigenvalue weighted by Crippen LogP contribution is 2.34. The van der Waals surface area contributed by atoms with Gasteiger partial charge in [-0.2, -0.15) is 0 Å². The Morgan fingerprint density at radius 2 is 1.83 bits per heavy atom. The second-order valence-electron chi connectivity index (χ2n) is 4.97. The van der Waals surface area contributed by atoms with Gasteiger partial charge in [0, 0.05) is 12.2 Å². The molecule has 0 aromatic heterocycles. The molecule has 12 heavy (non-hydrogen) atoms. The van der Waals surface area contributed by atoms with E-state index in [4.69, 9.17) is 0 Å². The summed E-state index contributed by atoms with van der Waals surface area (Å²) in [4.78, 5) is 0. The van der Waals surface area contributed by atoms with E-state index >= 15 is 0 Å². The van der Waals surface area contributed by atoms with E-state index < -0.39 is 0 Å². The fourth-order valence-corrected chi connectivity index (χ4v) is 1.90. The third kappa shape index (κ3) is 1.82. The summed E-state index contributed by atoms with van der Waals surface area (Å²) in [5.74, 6) is 0.654. The molecular weight excluding hydrogens is 146 g/mol. The first-order valence-electron chi connectivity index (χ1n) is 4.90. The molecule has 1 heterocycles. The van der Waals surface area contributed by atoms with Gasteiger partial charge in [0.15, 0.2) is 0 Å². The lowest BCUT2D eigenvalue weighted by Crippen LogP contribution is -2.15. The topological polar surface area (TPSA) is 12.0 Å². The second-order valence-corrected chi connectivity index (χ2v) is 4.97. The Bertz CT molecular complexity index is 194. The first-order chi connectivity index (χ1) is 5.43. The van der Waals surface area contributed by atoms with Crippen molar-refractivity contribution in [2.75, 3.05) is 6.54 Å². The molecule has 0 radical (unpaired) electrons. The van der Waals surface area contributed by atoms with Crippen molar-refractivity contribution in [1.82, 2.24) is 5.32 Å². The van der Waals surface area contributed by atoms with Crippen molar-refractivity contribution >= 4 is 0 Å². The number of rotatable bonds is 1. The summed E-state index contributed by atoms with van der Waals surface area (Å²) in [7, 11) is 0. The van der Waals surface area contributed by atoms with E-state index in [0.29, 0.717) is 11.3 Å². The van der Waals surface area contributed by atoms with Gasteiger partial charge in [-0.25, -0.2) is 0 Å². The summed E-state index contributed by atoms with van der Waals surface area (Å²) in [6.45, 7) is 12.6. The highest BCUT2D eigenvalue weighted by atomic mass is 14.9. The summed E-state index contributed by atoms with van der Waals surface area (Å²) < 4.78 is 0. The number of hydrogen-bond acceptors (Lipinski definition) is 1. The maximum absolute atomic E-state index is 3.49. The minimum Gasteiger partial charge on any atom is -0.388 e. The third-order valence-corrected chi connectivity index (χ3v) is 2.50. The summed E-state index contributed by atoms with van der Waals surface area (Å²) in [5, 5.41) is 3.49. The Kier molecular flexibility index (Phi) is 2.50. The second kappa shape index (κ2) is 3.12. The maximum atomic E-state index is 3.49. The first kappa shape index (κ1) is 9.63. The molecule has 0 fully saturated rings. The molecule has 1 N–H and O–H groups in total. The van der Waals surface area contributed by atoms with Crippen LogP contribution in [-0.2, 0) is 0 Å². The molecular formula is C11H21N. The Labute approximate surface area is 76.2 Å². The fraction of sp³-hybridized carbons (Fsp3) is 0.818. The molecule has 0 unspecified atom stereocenters. The standard InChI is InChI=1S/C11H21N/c1-8(2)10-9(6-7-12-10)11(3,4)5/h8,12H,6-7H2,1-5H3. The first-order valence-corrected chi connectivity index (χ1v) is 4.90. The van der Waals surface area contributed by atoms with Crippen molar-refractivity contribution in [1.29, 1.82) is 0 Å². The molecule has 0 atom stereocenters. The van der Waals surface area contributed by atoms with Gasteiger partial charge in [-0.05, 0) is 23.3 Å². The average molecular weight is 167 g/mol. The molecule has 0 spiro atoms. The maximum Gasteiger partial charge on any atom is 0.0182 e. The summed E-state index contributed by atoms with van der Waals surface area (Å²) >= 11 is 0. The van der Waals surface area contributed by atoms with Crippen LogP contribution in [0.15, 0.2) is 11.3 Å². The van der Waals surface area contributed by atoms with Crippen LogP contribution < -0.4 is 5.32 Å². The van der Waals surface area contributed by atoms with Gasteiger partial charge in [-0.1, -0.05) is 34.6 Å². The molecule has 0 amide bonds. The van der Waals surface area contributed by atoms with Crippen molar-refractivity contribution in [3.63, 3.8) is 0 Å². The lowest BCUT2D eigenvalue weighted by atomic mass is 9.83. The van der Waals surface area contributed by atoms with Crippen molar-refractivity contribution < 1.29 is 0 Å². The largest absolute Gasteiger partial charge is 0.388 e. The molecule has 0 saturated heterocycles. The minimum absolute atomic E-state index is 0.350. The Morgan fingerprint density at radius 1 is 1.25 bits per heavy atom. The fourth-order valence-electron chi connectivity index (χ4n) is 1.90. The molecule has 0 aromatic rings. The van der Waals surface area contributed by atoms with E-state index in [-0.39, 0.29) is 0 Å². The number of nitrogens with one attached hydrogen (secondary N) is 1. The van der Waals surface area contributed by atoms with E-state index in [1.54, 1.807) is 5.57 Å². The van der Waals surface area contributed by atoms with Crippen LogP contribution in [0.5, 0.6) is 0 Å². The van der Waals surface area contributed by atoms with Gasteiger partial charge in [0.2, 0.25) is 0 Å². The van der Waals surface area contributed by atoms with E-state index in [9.17, 15) is 0 Å². The quantitative estimate of drug-likeness (QED) is 0.633. The van der Waals surface area contributed by atoms with Crippen LogP contribution in [0, 0.1) is 11.3 Å². The van der Waals surface area contributed by atoms with Crippen molar-refractivity contribution in [3.05, 3.63) is 11.3 Å². The lowest BCUT2D eigenvalue weighted by molar-refractivity contribution is 0.483. The molecule has 1 rings (SSSR count). The van der Waals surface area contributed by atoms with Crippen LogP contribution in [0.4, 0.5) is 0 Å². The smallest absolute Gasteiger partial charge is 0.0182 e. The van der Waals surface area contributed by atoms with Crippen LogP contribution in [0.2, 0.25) is 0 Å². The minimum atomic E-state index is 0.350. The van der Waals surface area contributed by atoms with Gasteiger partial charge in [0.1, 0.15) is 0 Å². The molecule has 1 nitrogen and oxygen atoms in total. The predicted molar refractivity (Wildman–Crippen MR) is 53.9 cm³/mol. The highest BCUT2D eigenvalue weighted by Gasteiger charge is 2.25. The Morgan fingerprint density at radius 3 is 2.17 bits per heavy atom. The average Bonchev–Trinajstić information content (AvgIpc) is 2.30. The molecule has 1 aliphatic heterocycles. The molecule has 0 aromatic carbocycles. The summed E-state index contributed by atoms with van der Waals surface area (Å²) in [6.07, 6.45) is 1.23. The van der Waals surface area contributed by atoms with Crippen molar-refractivity contribution in [3.8, 4) is 0 Å². The molecule has 1 heteroatoms. The van der Waals surface area contributed by atoms with E-state index in [0.717, 1.165) is 6.54 Å². The van der Waals surface area contributed by atoms with Crippen LogP contribution in [-0.4, -0.2) is 6.54 Å². The predicted octanol–water partition coefficient (Wildman–Crippen LogP) is 2.94. The number of allylic oxidation sites excluding steroid dienone is 1. The van der Waals surface area contributed by atoms with Crippen molar-refractivity contribution in [2.45, 2.75) is 41.0 Å². The summed E-state index contributed by atoms with van der Waals surface area (Å²) in [5.41, 5.74) is 3.46. The Balaban J connectivity index is 2.92. The van der Waals surface area contributed by atoms with Crippen molar-refractivity contribution in [2.24, 2.45) is 11.3 Å². The van der Waals surface area contributed by atoms with Crippen LogP contribution in [0.25, 0.3) is 0 Å².